The maximum Gasteiger partial charge on any atom is 0.343 e. The molecule has 1 fully saturated rings. The summed E-state index contributed by atoms with van der Waals surface area (Å²) in [5.74, 6) is 0.686. The summed E-state index contributed by atoms with van der Waals surface area (Å²) in [7, 11) is 0. The molecule has 0 atom stereocenters. The van der Waals surface area contributed by atoms with Crippen LogP contribution in [0.15, 0.2) is 6.20 Å². The minimum Gasteiger partial charge on any atom is -0.462 e. The quantitative estimate of drug-likeness (QED) is 0.845. The summed E-state index contributed by atoms with van der Waals surface area (Å²) in [5, 5.41) is 6.84. The van der Waals surface area contributed by atoms with E-state index in [4.69, 9.17) is 4.74 Å². The van der Waals surface area contributed by atoms with Gasteiger partial charge in [-0.05, 0) is 52.4 Å². The number of hydrogen-bond acceptors (Lipinski definition) is 4. The van der Waals surface area contributed by atoms with E-state index < -0.39 is 5.97 Å². The number of carbonyl (C=O) groups excluding carboxylic acids is 2. The molecule has 0 radical (unpaired) electrons. The van der Waals surface area contributed by atoms with E-state index in [-0.39, 0.29) is 17.9 Å². The third kappa shape index (κ3) is 3.92. The molecule has 0 unspecified atom stereocenters. The number of hydrogen-bond donors (Lipinski definition) is 1. The third-order valence-electron chi connectivity index (χ3n) is 4.46. The number of rotatable bonds is 5. The van der Waals surface area contributed by atoms with Crippen molar-refractivity contribution in [2.24, 2.45) is 11.8 Å². The lowest BCUT2D eigenvalue weighted by atomic mass is 9.82. The van der Waals surface area contributed by atoms with Gasteiger partial charge in [0.2, 0.25) is 5.91 Å². The van der Waals surface area contributed by atoms with Crippen molar-refractivity contribution in [3.8, 4) is 0 Å². The van der Waals surface area contributed by atoms with Crippen molar-refractivity contribution < 1.29 is 14.3 Å². The molecule has 1 amide bonds. The van der Waals surface area contributed by atoms with E-state index in [0.29, 0.717) is 23.9 Å². The maximum atomic E-state index is 13.0. The molecular formula is C17H27N3O3. The molecule has 0 bridgehead atoms. The molecule has 0 aromatic carbocycles. The average Bonchev–Trinajstić information content (AvgIpc) is 2.97. The maximum absolute atomic E-state index is 13.0. The van der Waals surface area contributed by atoms with Crippen molar-refractivity contribution in [3.05, 3.63) is 11.8 Å². The van der Waals surface area contributed by atoms with Gasteiger partial charge < -0.3 is 4.74 Å². The van der Waals surface area contributed by atoms with Gasteiger partial charge in [0.25, 0.3) is 0 Å². The second-order valence-electron chi connectivity index (χ2n) is 6.60. The molecule has 23 heavy (non-hydrogen) atoms. The normalized spacial score (nSPS) is 21.3. The fraction of sp³-hybridized carbons (Fsp3) is 0.706. The number of H-pyrrole nitrogens is 1. The van der Waals surface area contributed by atoms with E-state index in [1.807, 2.05) is 13.8 Å². The van der Waals surface area contributed by atoms with Crippen LogP contribution < -0.4 is 4.90 Å². The molecule has 0 saturated heterocycles. The Morgan fingerprint density at radius 2 is 2.00 bits per heavy atom. The molecule has 1 N–H and O–H groups in total. The minimum atomic E-state index is -0.452. The summed E-state index contributed by atoms with van der Waals surface area (Å²) in [5.41, 5.74) is 0.318. The molecule has 1 aromatic rings. The molecule has 0 spiro atoms. The average molecular weight is 321 g/mol. The van der Waals surface area contributed by atoms with Gasteiger partial charge in [0.1, 0.15) is 5.56 Å². The Balaban J connectivity index is 2.24. The second kappa shape index (κ2) is 7.62. The highest BCUT2D eigenvalue weighted by Gasteiger charge is 2.33. The number of nitrogens with zero attached hydrogens (tertiary/aromatic N) is 2. The number of esters is 1. The second-order valence-corrected chi connectivity index (χ2v) is 6.60. The molecule has 1 aliphatic carbocycles. The van der Waals surface area contributed by atoms with Crippen molar-refractivity contribution in [1.29, 1.82) is 0 Å². The third-order valence-corrected chi connectivity index (χ3v) is 4.46. The van der Waals surface area contributed by atoms with Gasteiger partial charge in [0.15, 0.2) is 5.82 Å². The SMILES string of the molecule is CCOC(=O)c1c[nH]nc1N(C(=O)[C@H]1CC[C@H](C)CC1)C(C)C. The van der Waals surface area contributed by atoms with E-state index in [2.05, 4.69) is 17.1 Å². The first-order chi connectivity index (χ1) is 11.0. The monoisotopic (exact) mass is 321 g/mol. The molecule has 2 rings (SSSR count). The van der Waals surface area contributed by atoms with Crippen LogP contribution in [0.25, 0.3) is 0 Å². The predicted octanol–water partition coefficient (Wildman–Crippen LogP) is 3.15. The highest BCUT2D eigenvalue weighted by Crippen LogP contribution is 2.32. The van der Waals surface area contributed by atoms with Gasteiger partial charge in [0, 0.05) is 18.2 Å². The van der Waals surface area contributed by atoms with E-state index >= 15 is 0 Å². The highest BCUT2D eigenvalue weighted by atomic mass is 16.5. The summed E-state index contributed by atoms with van der Waals surface area (Å²) < 4.78 is 5.06. The Hall–Kier alpha value is -1.85. The Morgan fingerprint density at radius 1 is 1.35 bits per heavy atom. The Labute approximate surface area is 137 Å². The van der Waals surface area contributed by atoms with E-state index in [9.17, 15) is 9.59 Å². The molecule has 6 heteroatoms. The first kappa shape index (κ1) is 17.5. The molecule has 0 aliphatic heterocycles. The lowest BCUT2D eigenvalue weighted by molar-refractivity contribution is -0.123. The number of amides is 1. The van der Waals surface area contributed by atoms with Crippen molar-refractivity contribution in [2.45, 2.75) is 59.4 Å². The summed E-state index contributed by atoms with van der Waals surface area (Å²) >= 11 is 0. The molecule has 1 heterocycles. The van der Waals surface area contributed by atoms with Crippen LogP contribution in [0.3, 0.4) is 0 Å². The van der Waals surface area contributed by atoms with Gasteiger partial charge in [-0.25, -0.2) is 4.79 Å². The number of nitrogens with one attached hydrogen (secondary N) is 1. The van der Waals surface area contributed by atoms with Crippen LogP contribution in [0.5, 0.6) is 0 Å². The summed E-state index contributed by atoms with van der Waals surface area (Å²) in [4.78, 5) is 26.7. The number of ether oxygens (including phenoxy) is 1. The molecule has 1 aromatic heterocycles. The zero-order chi connectivity index (χ0) is 17.0. The van der Waals surface area contributed by atoms with Crippen LogP contribution in [-0.2, 0) is 9.53 Å². The van der Waals surface area contributed by atoms with E-state index in [1.165, 1.54) is 6.20 Å². The topological polar surface area (TPSA) is 75.3 Å². The van der Waals surface area contributed by atoms with Gasteiger partial charge in [-0.1, -0.05) is 6.92 Å². The molecular weight excluding hydrogens is 294 g/mol. The summed E-state index contributed by atoms with van der Waals surface area (Å²) in [6, 6.07) is -0.0710. The number of aromatic amines is 1. The van der Waals surface area contributed by atoms with Gasteiger partial charge in [-0.2, -0.15) is 5.10 Å². The van der Waals surface area contributed by atoms with Crippen LogP contribution >= 0.6 is 0 Å². The zero-order valence-corrected chi connectivity index (χ0v) is 14.5. The smallest absolute Gasteiger partial charge is 0.343 e. The van der Waals surface area contributed by atoms with Crippen molar-refractivity contribution in [2.75, 3.05) is 11.5 Å². The lowest BCUT2D eigenvalue weighted by Gasteiger charge is -2.32. The van der Waals surface area contributed by atoms with Crippen molar-refractivity contribution in [3.63, 3.8) is 0 Å². The predicted molar refractivity (Wildman–Crippen MR) is 88.3 cm³/mol. The van der Waals surface area contributed by atoms with E-state index in [0.717, 1.165) is 25.7 Å². The van der Waals surface area contributed by atoms with Crippen molar-refractivity contribution >= 4 is 17.7 Å². The van der Waals surface area contributed by atoms with Crippen molar-refractivity contribution in [1.82, 2.24) is 10.2 Å². The van der Waals surface area contributed by atoms with Crippen LogP contribution in [0.4, 0.5) is 5.82 Å². The standard InChI is InChI=1S/C17H27N3O3/c1-5-23-17(22)14-10-18-19-15(14)20(11(2)3)16(21)13-8-6-12(4)7-9-13/h10-13H,5-9H2,1-4H3,(H,18,19)/t12-,13-. The Morgan fingerprint density at radius 3 is 2.57 bits per heavy atom. The fourth-order valence-corrected chi connectivity index (χ4v) is 3.13. The Bertz CT molecular complexity index is 545. The van der Waals surface area contributed by atoms with E-state index in [1.54, 1.807) is 11.8 Å². The number of aromatic nitrogens is 2. The minimum absolute atomic E-state index is 0.0142. The number of anilines is 1. The van der Waals surface area contributed by atoms with Gasteiger partial charge in [-0.15, -0.1) is 0 Å². The van der Waals surface area contributed by atoms with Crippen LogP contribution in [0.1, 0.15) is 63.7 Å². The fourth-order valence-electron chi connectivity index (χ4n) is 3.13. The van der Waals surface area contributed by atoms with Crippen LogP contribution in [0.2, 0.25) is 0 Å². The molecule has 1 aliphatic rings. The van der Waals surface area contributed by atoms with Crippen LogP contribution in [-0.4, -0.2) is 34.7 Å². The first-order valence-electron chi connectivity index (χ1n) is 8.49. The largest absolute Gasteiger partial charge is 0.462 e. The summed E-state index contributed by atoms with van der Waals surface area (Å²) in [6.07, 6.45) is 5.46. The van der Waals surface area contributed by atoms with Gasteiger partial charge in [0.05, 0.1) is 6.61 Å². The van der Waals surface area contributed by atoms with Crippen LogP contribution in [0, 0.1) is 11.8 Å². The summed E-state index contributed by atoms with van der Waals surface area (Å²) in [6.45, 7) is 8.15. The molecule has 6 nitrogen and oxygen atoms in total. The van der Waals surface area contributed by atoms with Gasteiger partial charge >= 0.3 is 5.97 Å². The number of carbonyl (C=O) groups is 2. The molecule has 1 saturated carbocycles. The Kier molecular flexibility index (Phi) is 5.80. The first-order valence-corrected chi connectivity index (χ1v) is 8.49. The van der Waals surface area contributed by atoms with Gasteiger partial charge in [-0.3, -0.25) is 14.8 Å². The lowest BCUT2D eigenvalue weighted by Crippen LogP contribution is -2.43. The highest BCUT2D eigenvalue weighted by molar-refractivity contribution is 6.02. The zero-order valence-electron chi connectivity index (χ0n) is 14.5. The molecule has 128 valence electrons.